The van der Waals surface area contributed by atoms with Crippen molar-refractivity contribution in [3.63, 3.8) is 0 Å². The smallest absolute Gasteiger partial charge is 0.254 e. The molecule has 13 heteroatoms. The van der Waals surface area contributed by atoms with E-state index in [1.165, 1.54) is 4.90 Å². The number of halogens is 2. The van der Waals surface area contributed by atoms with E-state index in [0.717, 1.165) is 59.3 Å². The van der Waals surface area contributed by atoms with E-state index >= 15 is 0 Å². The molecule has 1 amide bonds. The summed E-state index contributed by atoms with van der Waals surface area (Å²) in [7, 11) is 0. The van der Waals surface area contributed by atoms with E-state index in [1.54, 1.807) is 6.20 Å². The Balaban J connectivity index is 1.07. The molecule has 11 nitrogen and oxygen atoms in total. The SMILES string of the molecule is O=C([C@@H](O)[C@@H](O)[C@H](O)[C@@H](O)CO)N(CCCCc1cc(Cl)c(COC2(c3cnccc3-c3ccccc3OC3CC3)CC2)cc1Cl)C1CCOCC1. The summed E-state index contributed by atoms with van der Waals surface area (Å²) >= 11 is 13.6. The van der Waals surface area contributed by atoms with Crippen LogP contribution in [0.1, 0.15) is 68.1 Å². The third-order valence-corrected chi connectivity index (χ3v) is 11.0. The molecule has 2 aromatic carbocycles. The molecule has 2 aliphatic carbocycles. The molecule has 1 aromatic heterocycles. The fourth-order valence-corrected chi connectivity index (χ4v) is 7.33. The molecule has 282 valence electrons. The van der Waals surface area contributed by atoms with E-state index in [1.807, 2.05) is 42.6 Å². The van der Waals surface area contributed by atoms with Crippen molar-refractivity contribution >= 4 is 29.1 Å². The van der Waals surface area contributed by atoms with Gasteiger partial charge in [0.1, 0.15) is 24.1 Å². The van der Waals surface area contributed by atoms with Crippen molar-refractivity contribution in [2.24, 2.45) is 0 Å². The molecule has 0 unspecified atom stereocenters. The van der Waals surface area contributed by atoms with Gasteiger partial charge in [-0.1, -0.05) is 41.4 Å². The first-order chi connectivity index (χ1) is 25.1. The molecule has 0 spiro atoms. The molecule has 5 N–H and O–H groups in total. The topological polar surface area (TPSA) is 162 Å². The summed E-state index contributed by atoms with van der Waals surface area (Å²) in [4.78, 5) is 19.3. The van der Waals surface area contributed by atoms with Gasteiger partial charge < -0.3 is 44.6 Å². The summed E-state index contributed by atoms with van der Waals surface area (Å²) < 4.78 is 18.3. The quantitative estimate of drug-likeness (QED) is 0.116. The van der Waals surface area contributed by atoms with Crippen molar-refractivity contribution in [2.45, 2.75) is 107 Å². The zero-order chi connectivity index (χ0) is 36.8. The monoisotopic (exact) mass is 758 g/mol. The van der Waals surface area contributed by atoms with E-state index in [-0.39, 0.29) is 18.8 Å². The predicted molar refractivity (Wildman–Crippen MR) is 195 cm³/mol. The number of amides is 1. The molecule has 0 bridgehead atoms. The Hall–Kier alpha value is -2.84. The lowest BCUT2D eigenvalue weighted by atomic mass is 9.96. The summed E-state index contributed by atoms with van der Waals surface area (Å²) in [6.45, 7) is 0.642. The normalized spacial score (nSPS) is 19.4. The minimum Gasteiger partial charge on any atom is -0.490 e. The minimum absolute atomic E-state index is 0.219. The first-order valence-electron chi connectivity index (χ1n) is 18.1. The van der Waals surface area contributed by atoms with E-state index in [2.05, 4.69) is 11.1 Å². The largest absolute Gasteiger partial charge is 0.490 e. The molecule has 4 atom stereocenters. The maximum atomic E-state index is 13.3. The highest BCUT2D eigenvalue weighted by molar-refractivity contribution is 6.34. The van der Waals surface area contributed by atoms with Crippen molar-refractivity contribution in [3.05, 3.63) is 81.6 Å². The molecule has 0 radical (unpaired) electrons. The Kier molecular flexibility index (Phi) is 13.1. The summed E-state index contributed by atoms with van der Waals surface area (Å²) in [6.07, 6.45) is 3.23. The lowest BCUT2D eigenvalue weighted by Gasteiger charge is -2.37. The van der Waals surface area contributed by atoms with E-state index in [0.29, 0.717) is 61.9 Å². The number of carbonyl (C=O) groups is 1. The van der Waals surface area contributed by atoms with Crippen LogP contribution in [0, 0.1) is 0 Å². The highest BCUT2D eigenvalue weighted by Crippen LogP contribution is 2.53. The number of hydrogen-bond donors (Lipinski definition) is 5. The summed E-state index contributed by atoms with van der Waals surface area (Å²) in [5, 5.41) is 51.0. The number of aromatic nitrogens is 1. The number of carbonyl (C=O) groups excluding carboxylic acids is 1. The summed E-state index contributed by atoms with van der Waals surface area (Å²) in [6, 6.07) is 13.6. The molecular weight excluding hydrogens is 711 g/mol. The Morgan fingerprint density at radius 2 is 1.65 bits per heavy atom. The number of pyridine rings is 1. The van der Waals surface area contributed by atoms with Crippen molar-refractivity contribution in [1.82, 2.24) is 9.88 Å². The fraction of sp³-hybridized carbons (Fsp3) is 0.538. The number of benzene rings is 2. The van der Waals surface area contributed by atoms with Gasteiger partial charge in [-0.05, 0) is 98.7 Å². The average Bonchev–Trinajstić information content (AvgIpc) is 4.12. The number of para-hydroxylation sites is 1. The van der Waals surface area contributed by atoms with Crippen LogP contribution in [0.2, 0.25) is 10.0 Å². The number of unbranched alkanes of at least 4 members (excludes halogenated alkanes) is 1. The number of aliphatic hydroxyl groups excluding tert-OH is 5. The van der Waals surface area contributed by atoms with Gasteiger partial charge in [-0.3, -0.25) is 9.78 Å². The van der Waals surface area contributed by atoms with Gasteiger partial charge in [0.25, 0.3) is 5.91 Å². The van der Waals surface area contributed by atoms with Crippen LogP contribution >= 0.6 is 23.2 Å². The molecular formula is C39H48Cl2N2O9. The Labute approximate surface area is 314 Å². The lowest BCUT2D eigenvalue weighted by Crippen LogP contribution is -2.55. The van der Waals surface area contributed by atoms with E-state index in [9.17, 15) is 25.2 Å². The van der Waals surface area contributed by atoms with Crippen molar-refractivity contribution in [3.8, 4) is 16.9 Å². The second-order valence-corrected chi connectivity index (χ2v) is 14.9. The van der Waals surface area contributed by atoms with Crippen LogP contribution in [0.15, 0.2) is 54.9 Å². The second kappa shape index (κ2) is 17.5. The van der Waals surface area contributed by atoms with Crippen LogP contribution in [-0.2, 0) is 32.9 Å². The van der Waals surface area contributed by atoms with E-state index in [4.69, 9.17) is 42.5 Å². The first-order valence-corrected chi connectivity index (χ1v) is 18.9. The number of ether oxygens (including phenoxy) is 3. The van der Waals surface area contributed by atoms with Crippen LogP contribution in [0.5, 0.6) is 5.75 Å². The molecule has 3 fully saturated rings. The average molecular weight is 760 g/mol. The summed E-state index contributed by atoms with van der Waals surface area (Å²) in [5.74, 6) is 0.115. The number of aryl methyl sites for hydroxylation is 1. The van der Waals surface area contributed by atoms with Crippen LogP contribution in [0.25, 0.3) is 11.1 Å². The summed E-state index contributed by atoms with van der Waals surface area (Å²) in [5.41, 5.74) is 4.25. The second-order valence-electron chi connectivity index (χ2n) is 14.1. The van der Waals surface area contributed by atoms with Gasteiger partial charge in [0.05, 0.1) is 24.9 Å². The van der Waals surface area contributed by atoms with Crippen LogP contribution in [-0.4, -0.2) is 104 Å². The highest BCUT2D eigenvalue weighted by Gasteiger charge is 2.48. The molecule has 6 rings (SSSR count). The van der Waals surface area contributed by atoms with Crippen molar-refractivity contribution in [1.29, 1.82) is 0 Å². The molecule has 1 aliphatic heterocycles. The van der Waals surface area contributed by atoms with Crippen molar-refractivity contribution < 1.29 is 44.5 Å². The number of nitrogens with zero attached hydrogens (tertiary/aromatic N) is 2. The zero-order valence-corrected chi connectivity index (χ0v) is 30.6. The van der Waals surface area contributed by atoms with Gasteiger partial charge in [-0.25, -0.2) is 0 Å². The van der Waals surface area contributed by atoms with Gasteiger partial charge >= 0.3 is 0 Å². The molecule has 3 aromatic rings. The van der Waals surface area contributed by atoms with E-state index < -0.39 is 42.5 Å². The molecule has 2 heterocycles. The molecule has 52 heavy (non-hydrogen) atoms. The van der Waals surface area contributed by atoms with Crippen LogP contribution in [0.3, 0.4) is 0 Å². The number of rotatable bonds is 18. The lowest BCUT2D eigenvalue weighted by molar-refractivity contribution is -0.162. The van der Waals surface area contributed by atoms with Gasteiger partial charge in [0.2, 0.25) is 0 Å². The number of aliphatic hydroxyl groups is 5. The maximum Gasteiger partial charge on any atom is 0.254 e. The highest BCUT2D eigenvalue weighted by atomic mass is 35.5. The molecule has 3 aliphatic rings. The zero-order valence-electron chi connectivity index (χ0n) is 29.1. The minimum atomic E-state index is -1.97. The van der Waals surface area contributed by atoms with Crippen LogP contribution in [0.4, 0.5) is 0 Å². The Morgan fingerprint density at radius 1 is 0.942 bits per heavy atom. The Bertz CT molecular complexity index is 1660. The first kappa shape index (κ1) is 38.9. The van der Waals surface area contributed by atoms with Gasteiger partial charge in [0.15, 0.2) is 6.10 Å². The third kappa shape index (κ3) is 9.26. The molecule has 1 saturated heterocycles. The van der Waals surface area contributed by atoms with Gasteiger partial charge in [-0.15, -0.1) is 0 Å². The van der Waals surface area contributed by atoms with Gasteiger partial charge in [-0.2, -0.15) is 0 Å². The van der Waals surface area contributed by atoms with Crippen LogP contribution < -0.4 is 4.74 Å². The van der Waals surface area contributed by atoms with Gasteiger partial charge in [0, 0.05) is 59.4 Å². The Morgan fingerprint density at radius 3 is 2.37 bits per heavy atom. The number of hydrogen-bond acceptors (Lipinski definition) is 10. The van der Waals surface area contributed by atoms with Crippen molar-refractivity contribution in [2.75, 3.05) is 26.4 Å². The maximum absolute atomic E-state index is 13.3. The predicted octanol–water partition coefficient (Wildman–Crippen LogP) is 4.57. The molecule has 2 saturated carbocycles. The fourth-order valence-electron chi connectivity index (χ4n) is 6.81. The third-order valence-electron chi connectivity index (χ3n) is 10.2. The standard InChI is InChI=1S/C39H48Cl2N2O9/c40-31-20-25(23-51-39(13-14-39)30-21-42-15-10-28(30)29-6-1-2-7-34(29)52-27-8-9-27)32(41)19-24(31)5-3-4-16-43(26-11-17-50-18-12-26)38(49)37(48)36(47)35(46)33(45)22-44/h1-2,6-7,10,15,19-21,26-27,33,35-37,44-48H,3-5,8-9,11-14,16-18,22-23H2/t33-,35+,36-,37-/m0/s1.